The summed E-state index contributed by atoms with van der Waals surface area (Å²) in [4.78, 5) is 41.0. The van der Waals surface area contributed by atoms with Crippen molar-refractivity contribution in [1.29, 1.82) is 0 Å². The van der Waals surface area contributed by atoms with Crippen molar-refractivity contribution < 1.29 is 46.7 Å². The molecule has 1 aliphatic carbocycles. The number of allylic oxidation sites excluding steroid dienone is 5. The van der Waals surface area contributed by atoms with Crippen LogP contribution in [0.25, 0.3) is 5.57 Å². The van der Waals surface area contributed by atoms with Gasteiger partial charge in [0.25, 0.3) is 0 Å². The first-order valence-electron chi connectivity index (χ1n) is 15.1. The Morgan fingerprint density at radius 1 is 1.00 bits per heavy atom. The number of esters is 2. The van der Waals surface area contributed by atoms with Crippen LogP contribution in [-0.2, 0) is 19.1 Å². The quantitative estimate of drug-likeness (QED) is 0.145. The van der Waals surface area contributed by atoms with Crippen molar-refractivity contribution >= 4 is 48.1 Å². The van der Waals surface area contributed by atoms with Crippen molar-refractivity contribution in [2.75, 3.05) is 39.7 Å². The second-order valence-electron chi connectivity index (χ2n) is 13.4. The minimum Gasteiger partial charge on any atom is -0.545 e. The Kier molecular flexibility index (Phi) is 9.51. The maximum Gasteiger partial charge on any atom is 0.325 e. The highest BCUT2D eigenvalue weighted by molar-refractivity contribution is 6.98. The van der Waals surface area contributed by atoms with Crippen LogP contribution in [0.2, 0.25) is 13.1 Å². The summed E-state index contributed by atoms with van der Waals surface area (Å²) in [7, 11) is 4.77. The van der Waals surface area contributed by atoms with Gasteiger partial charge in [0, 0.05) is 43.1 Å². The van der Waals surface area contributed by atoms with Crippen molar-refractivity contribution in [3.63, 3.8) is 0 Å². The first kappa shape index (κ1) is 35.4. The summed E-state index contributed by atoms with van der Waals surface area (Å²) < 4.78 is 61.4. The number of aromatic carboxylic acids is 1. The molecule has 2 aliphatic rings. The molecular weight excluding hydrogens is 629 g/mol. The zero-order valence-electron chi connectivity index (χ0n) is 28.2. The molecule has 0 aromatic heterocycles. The Labute approximate surface area is 273 Å². The fraction of sp³-hybridized carbons (Fsp3) is 0.371. The Morgan fingerprint density at radius 3 is 2.17 bits per heavy atom. The average molecular weight is 669 g/mol. The number of carboxylic acids is 1. The molecule has 8 nitrogen and oxygen atoms in total. The molecule has 0 N–H and O–H groups in total. The van der Waals surface area contributed by atoms with E-state index >= 15 is 13.2 Å². The molecule has 1 atom stereocenters. The lowest BCUT2D eigenvalue weighted by atomic mass is 9.83. The summed E-state index contributed by atoms with van der Waals surface area (Å²) in [6.07, 6.45) is 5.36. The lowest BCUT2D eigenvalue weighted by Crippen LogP contribution is -2.50. The normalized spacial score (nSPS) is 15.8. The highest BCUT2D eigenvalue weighted by Crippen LogP contribution is 2.45. The third kappa shape index (κ3) is 6.30. The summed E-state index contributed by atoms with van der Waals surface area (Å²) in [5.41, 5.74) is -2.35. The van der Waals surface area contributed by atoms with Gasteiger partial charge in [0.15, 0.2) is 23.3 Å². The maximum absolute atomic E-state index is 17.2. The standard InChI is InChI=1S/C35H39F3N2O6Si/c1-11-45-33(43)28(34(44)46-35(2,3)4)26-29(36)25(27(32(41)42)31(38)30(26)37)24-20-14-12-18(39(5)6)16-22(20)47(9,10)23-17-19(40(7)8)13-15-21(23)24/h12-17,28H,11H2,1-10H3. The molecule has 1 aliphatic heterocycles. The van der Waals surface area contributed by atoms with Crippen LogP contribution in [0.5, 0.6) is 0 Å². The van der Waals surface area contributed by atoms with Gasteiger partial charge in [0.1, 0.15) is 33.6 Å². The van der Waals surface area contributed by atoms with Crippen molar-refractivity contribution in [3.05, 3.63) is 86.9 Å². The van der Waals surface area contributed by atoms with Crippen molar-refractivity contribution in [1.82, 2.24) is 0 Å². The summed E-state index contributed by atoms with van der Waals surface area (Å²) in [5, 5.41) is 14.1. The van der Waals surface area contributed by atoms with Crippen LogP contribution in [0.3, 0.4) is 0 Å². The lowest BCUT2D eigenvalue weighted by molar-refractivity contribution is -0.462. The predicted octanol–water partition coefficient (Wildman–Crippen LogP) is 4.00. The van der Waals surface area contributed by atoms with Gasteiger partial charge in [0.05, 0.1) is 18.1 Å². The van der Waals surface area contributed by atoms with Gasteiger partial charge in [-0.15, -0.1) is 0 Å². The van der Waals surface area contributed by atoms with Crippen LogP contribution in [0.15, 0.2) is 47.2 Å². The number of carbonyl (C=O) groups is 3. The summed E-state index contributed by atoms with van der Waals surface area (Å²) in [6, 6.07) is 5.36. The minimum absolute atomic E-state index is 0.0407. The third-order valence-corrected chi connectivity index (χ3v) is 11.7. The number of hydrogen-bond acceptors (Lipinski definition) is 7. The van der Waals surface area contributed by atoms with E-state index in [1.54, 1.807) is 24.3 Å². The zero-order valence-corrected chi connectivity index (χ0v) is 29.2. The molecule has 47 heavy (non-hydrogen) atoms. The molecule has 0 spiro atoms. The Morgan fingerprint density at radius 2 is 1.64 bits per heavy atom. The fourth-order valence-corrected chi connectivity index (χ4v) is 9.00. The van der Waals surface area contributed by atoms with E-state index in [1.165, 1.54) is 27.7 Å². The number of fused-ring (bicyclic) bond motifs is 2. The second-order valence-corrected chi connectivity index (χ2v) is 17.7. The molecular formula is C35H39F3N2O6Si. The number of hydrogen-bond donors (Lipinski definition) is 0. The number of anilines is 1. The number of rotatable bonds is 7. The van der Waals surface area contributed by atoms with Crippen molar-refractivity contribution in [2.24, 2.45) is 0 Å². The van der Waals surface area contributed by atoms with Gasteiger partial charge >= 0.3 is 11.9 Å². The van der Waals surface area contributed by atoms with Gasteiger partial charge in [-0.05, 0) is 73.0 Å². The van der Waals surface area contributed by atoms with Crippen molar-refractivity contribution in [3.8, 4) is 0 Å². The number of ether oxygens (including phenoxy) is 2. The Bertz CT molecular complexity index is 1830. The first-order chi connectivity index (χ1) is 21.7. The van der Waals surface area contributed by atoms with E-state index < -0.39 is 71.6 Å². The summed E-state index contributed by atoms with van der Waals surface area (Å²) in [6.45, 7) is 9.77. The van der Waals surface area contributed by atoms with Crippen LogP contribution < -0.4 is 15.2 Å². The number of benzene rings is 2. The largest absolute Gasteiger partial charge is 0.545 e. The van der Waals surface area contributed by atoms with Gasteiger partial charge < -0.3 is 24.3 Å². The van der Waals surface area contributed by atoms with Gasteiger partial charge in [-0.1, -0.05) is 19.2 Å². The highest BCUT2D eigenvalue weighted by Gasteiger charge is 2.45. The molecule has 0 saturated heterocycles. The number of carboxylic acid groups (broad SMARTS) is 1. The molecule has 0 saturated carbocycles. The zero-order chi connectivity index (χ0) is 35.3. The summed E-state index contributed by atoms with van der Waals surface area (Å²) in [5.74, 6) is -13.0. The van der Waals surface area contributed by atoms with Gasteiger partial charge in [-0.3, -0.25) is 9.59 Å². The van der Waals surface area contributed by atoms with Gasteiger partial charge in [-0.25, -0.2) is 17.7 Å². The monoisotopic (exact) mass is 668 g/mol. The lowest BCUT2D eigenvalue weighted by Gasteiger charge is -2.38. The molecule has 4 rings (SSSR count). The van der Waals surface area contributed by atoms with E-state index in [-0.39, 0.29) is 12.2 Å². The van der Waals surface area contributed by atoms with Crippen molar-refractivity contribution in [2.45, 2.75) is 52.3 Å². The summed E-state index contributed by atoms with van der Waals surface area (Å²) >= 11 is 0. The van der Waals surface area contributed by atoms with E-state index in [9.17, 15) is 19.5 Å². The molecule has 2 aromatic rings. The van der Waals surface area contributed by atoms with Crippen LogP contribution in [0.4, 0.5) is 18.9 Å². The second kappa shape index (κ2) is 12.6. The molecule has 250 valence electrons. The predicted molar refractivity (Wildman–Crippen MR) is 174 cm³/mol. The average Bonchev–Trinajstić information content (AvgIpc) is 2.96. The van der Waals surface area contributed by atoms with E-state index in [0.29, 0.717) is 11.1 Å². The van der Waals surface area contributed by atoms with E-state index in [0.717, 1.165) is 21.8 Å². The topological polar surface area (TPSA) is 99.0 Å². The fourth-order valence-electron chi connectivity index (χ4n) is 5.93. The minimum atomic E-state index is -2.63. The Balaban J connectivity index is 2.24. The maximum atomic E-state index is 17.2. The van der Waals surface area contributed by atoms with Gasteiger partial charge in [0.2, 0.25) is 0 Å². The smallest absolute Gasteiger partial charge is 0.325 e. The molecule has 1 heterocycles. The Hall–Kier alpha value is -4.45. The number of halogens is 3. The SMILES string of the molecule is CCOC(=O)C(C(=O)OC(C)(C)C)c1c(F)c(F)c(C(=O)[O-])c(C2=C3C=CC(=[N+](C)C)C=C3[Si](C)(C)c3cc(N(C)C)ccc32)c1F. The van der Waals surface area contributed by atoms with Gasteiger partial charge in [-0.2, -0.15) is 0 Å². The van der Waals surface area contributed by atoms with Crippen LogP contribution in [0, 0.1) is 17.5 Å². The van der Waals surface area contributed by atoms with E-state index in [1.807, 2.05) is 49.8 Å². The first-order valence-corrected chi connectivity index (χ1v) is 18.1. The highest BCUT2D eigenvalue weighted by atomic mass is 28.3. The number of carbonyl (C=O) groups excluding carboxylic acids is 3. The van der Waals surface area contributed by atoms with Crippen LogP contribution >= 0.6 is 0 Å². The molecule has 0 amide bonds. The number of nitrogens with zero attached hydrogens (tertiary/aromatic N) is 2. The van der Waals surface area contributed by atoms with E-state index in [2.05, 4.69) is 13.1 Å². The van der Waals surface area contributed by atoms with E-state index in [4.69, 9.17) is 9.47 Å². The van der Waals surface area contributed by atoms with Crippen LogP contribution in [-0.4, -0.2) is 76.7 Å². The third-order valence-electron chi connectivity index (χ3n) is 8.19. The molecule has 1 unspecified atom stereocenters. The molecule has 0 radical (unpaired) electrons. The molecule has 0 fully saturated rings. The molecule has 0 bridgehead atoms. The molecule has 2 aromatic carbocycles. The van der Waals surface area contributed by atoms with Crippen LogP contribution in [0.1, 0.15) is 60.7 Å². The molecule has 12 heteroatoms.